The van der Waals surface area contributed by atoms with Crippen molar-refractivity contribution < 1.29 is 31.1 Å². The van der Waals surface area contributed by atoms with Gasteiger partial charge in [0.1, 0.15) is 28.9 Å². The van der Waals surface area contributed by atoms with E-state index in [1.165, 1.54) is 54.6 Å². The number of likely N-dealkylation sites (N-methyl/N-ethyl adjacent to an activating group) is 1. The Kier molecular flexibility index (Phi) is 7.61. The molecule has 192 valence electrons. The number of hydrogen-bond acceptors (Lipinski definition) is 5. The first-order chi connectivity index (χ1) is 16.9. The lowest BCUT2D eigenvalue weighted by molar-refractivity contribution is -0.138. The average molecular weight is 561 g/mol. The van der Waals surface area contributed by atoms with Gasteiger partial charge in [-0.2, -0.15) is 13.2 Å². The standard InChI is InChI=1S/C24H21Cl2F3N2O4S/c1-31-10-9-18(14-31)35-22-4-2-3-21(23(22)24(27,28)29)30-36(32,33)20-7-5-17(6-8-20)34-19-12-15(25)11-16(26)13-19/h2-8,11-13,18,30H,9-10,14H2,1H3/t18-/m1/s1. The van der Waals surface area contributed by atoms with Crippen molar-refractivity contribution in [3.05, 3.63) is 76.3 Å². The number of nitrogens with zero attached hydrogens (tertiary/aromatic N) is 1. The molecule has 3 aromatic carbocycles. The van der Waals surface area contributed by atoms with Gasteiger partial charge in [-0.05, 0) is 68.1 Å². The number of rotatable bonds is 7. The summed E-state index contributed by atoms with van der Waals surface area (Å²) in [6.45, 7) is 1.17. The minimum atomic E-state index is -4.85. The zero-order valence-corrected chi connectivity index (χ0v) is 21.2. The van der Waals surface area contributed by atoms with Gasteiger partial charge >= 0.3 is 6.18 Å². The fourth-order valence-electron chi connectivity index (χ4n) is 3.79. The van der Waals surface area contributed by atoms with Crippen molar-refractivity contribution in [1.82, 2.24) is 4.90 Å². The van der Waals surface area contributed by atoms with Gasteiger partial charge in [-0.1, -0.05) is 29.3 Å². The number of halogens is 5. The molecule has 1 saturated heterocycles. The summed E-state index contributed by atoms with van der Waals surface area (Å²) in [5.74, 6) is 0.188. The van der Waals surface area contributed by atoms with Gasteiger partial charge in [0.2, 0.25) is 0 Å². The van der Waals surface area contributed by atoms with Crippen LogP contribution in [0.5, 0.6) is 17.2 Å². The molecule has 0 spiro atoms. The van der Waals surface area contributed by atoms with Crippen molar-refractivity contribution in [3.63, 3.8) is 0 Å². The predicted molar refractivity (Wildman–Crippen MR) is 132 cm³/mol. The minimum Gasteiger partial charge on any atom is -0.488 e. The Labute approximate surface area is 216 Å². The quantitative estimate of drug-likeness (QED) is 0.348. The monoisotopic (exact) mass is 560 g/mol. The fraction of sp³-hybridized carbons (Fsp3) is 0.250. The second kappa shape index (κ2) is 10.4. The Morgan fingerprint density at radius 2 is 1.67 bits per heavy atom. The normalized spacial score (nSPS) is 16.7. The first kappa shape index (κ1) is 26.4. The summed E-state index contributed by atoms with van der Waals surface area (Å²) in [5.41, 5.74) is -1.80. The second-order valence-electron chi connectivity index (χ2n) is 8.25. The molecule has 4 rings (SSSR count). The van der Waals surface area contributed by atoms with Gasteiger partial charge in [-0.15, -0.1) is 0 Å². The molecule has 0 aromatic heterocycles. The lowest BCUT2D eigenvalue weighted by atomic mass is 10.1. The predicted octanol–water partition coefficient (Wildman–Crippen LogP) is 6.69. The number of sulfonamides is 1. The van der Waals surface area contributed by atoms with Crippen LogP contribution in [0.4, 0.5) is 18.9 Å². The van der Waals surface area contributed by atoms with Crippen molar-refractivity contribution >= 4 is 38.9 Å². The Hall–Kier alpha value is -2.66. The summed E-state index contributed by atoms with van der Waals surface area (Å²) >= 11 is 11.9. The van der Waals surface area contributed by atoms with Crippen molar-refractivity contribution in [2.24, 2.45) is 0 Å². The Morgan fingerprint density at radius 3 is 2.25 bits per heavy atom. The van der Waals surface area contributed by atoms with Gasteiger partial charge in [-0.3, -0.25) is 4.72 Å². The number of likely N-dealkylation sites (tertiary alicyclic amines) is 1. The zero-order chi connectivity index (χ0) is 26.1. The molecule has 0 amide bonds. The largest absolute Gasteiger partial charge is 0.488 e. The van der Waals surface area contributed by atoms with Gasteiger partial charge in [0, 0.05) is 23.1 Å². The molecule has 3 aromatic rings. The maximum atomic E-state index is 14.0. The van der Waals surface area contributed by atoms with Crippen LogP contribution in [0.2, 0.25) is 10.0 Å². The summed E-state index contributed by atoms with van der Waals surface area (Å²) in [7, 11) is -2.52. The number of ether oxygens (including phenoxy) is 2. The Balaban J connectivity index is 1.57. The molecule has 1 N–H and O–H groups in total. The molecule has 1 aliphatic heterocycles. The third-order valence-electron chi connectivity index (χ3n) is 5.40. The maximum Gasteiger partial charge on any atom is 0.421 e. The van der Waals surface area contributed by atoms with Gasteiger partial charge < -0.3 is 14.4 Å². The van der Waals surface area contributed by atoms with E-state index in [0.717, 1.165) is 6.07 Å². The molecule has 1 aliphatic rings. The molecule has 0 unspecified atom stereocenters. The fourth-order valence-corrected chi connectivity index (χ4v) is 5.37. The summed E-state index contributed by atoms with van der Waals surface area (Å²) < 4.78 is 81.2. The highest BCUT2D eigenvalue weighted by Gasteiger charge is 2.39. The van der Waals surface area contributed by atoms with Gasteiger partial charge in [-0.25, -0.2) is 8.42 Å². The van der Waals surface area contributed by atoms with Crippen LogP contribution in [0, 0.1) is 0 Å². The molecule has 0 bridgehead atoms. The summed E-state index contributed by atoms with van der Waals surface area (Å²) in [4.78, 5) is 1.69. The third kappa shape index (κ3) is 6.36. The SMILES string of the molecule is CN1CC[C@@H](Oc2cccc(NS(=O)(=O)c3ccc(Oc4cc(Cl)cc(Cl)c4)cc3)c2C(F)(F)F)C1. The molecule has 0 saturated carbocycles. The van der Waals surface area contributed by atoms with E-state index in [2.05, 4.69) is 4.72 Å². The molecule has 6 nitrogen and oxygen atoms in total. The van der Waals surface area contributed by atoms with Crippen LogP contribution >= 0.6 is 23.2 Å². The van der Waals surface area contributed by atoms with E-state index in [9.17, 15) is 21.6 Å². The van der Waals surface area contributed by atoms with Crippen LogP contribution in [-0.4, -0.2) is 39.6 Å². The van der Waals surface area contributed by atoms with E-state index in [4.69, 9.17) is 32.7 Å². The maximum absolute atomic E-state index is 14.0. The Bertz CT molecular complexity index is 1330. The second-order valence-corrected chi connectivity index (χ2v) is 10.8. The molecule has 36 heavy (non-hydrogen) atoms. The molecule has 0 radical (unpaired) electrons. The number of nitrogens with one attached hydrogen (secondary N) is 1. The van der Waals surface area contributed by atoms with Crippen LogP contribution in [-0.2, 0) is 16.2 Å². The lowest BCUT2D eigenvalue weighted by Gasteiger charge is -2.21. The lowest BCUT2D eigenvalue weighted by Crippen LogP contribution is -2.24. The average Bonchev–Trinajstić information content (AvgIpc) is 3.17. The highest BCUT2D eigenvalue weighted by molar-refractivity contribution is 7.92. The molecule has 12 heteroatoms. The molecule has 0 aliphatic carbocycles. The first-order valence-corrected chi connectivity index (χ1v) is 13.0. The number of anilines is 1. The van der Waals surface area contributed by atoms with Crippen LogP contribution in [0.1, 0.15) is 12.0 Å². The third-order valence-corrected chi connectivity index (χ3v) is 7.22. The van der Waals surface area contributed by atoms with Crippen LogP contribution in [0.25, 0.3) is 0 Å². The van der Waals surface area contributed by atoms with Crippen LogP contribution in [0.15, 0.2) is 65.6 Å². The van der Waals surface area contributed by atoms with E-state index < -0.39 is 39.3 Å². The zero-order valence-electron chi connectivity index (χ0n) is 18.9. The molecular formula is C24H21Cl2F3N2O4S. The van der Waals surface area contributed by atoms with Gasteiger partial charge in [0.05, 0.1) is 10.6 Å². The smallest absolute Gasteiger partial charge is 0.421 e. The van der Waals surface area contributed by atoms with Crippen molar-refractivity contribution in [1.29, 1.82) is 0 Å². The minimum absolute atomic E-state index is 0.254. The van der Waals surface area contributed by atoms with E-state index in [1.807, 2.05) is 11.9 Å². The number of benzene rings is 3. The number of alkyl halides is 3. The molecule has 1 fully saturated rings. The highest BCUT2D eigenvalue weighted by Crippen LogP contribution is 2.42. The van der Waals surface area contributed by atoms with E-state index in [1.54, 1.807) is 0 Å². The summed E-state index contributed by atoms with van der Waals surface area (Å²) in [6, 6.07) is 13.3. The number of hydrogen-bond donors (Lipinski definition) is 1. The highest BCUT2D eigenvalue weighted by atomic mass is 35.5. The van der Waals surface area contributed by atoms with Crippen molar-refractivity contribution in [2.75, 3.05) is 24.9 Å². The summed E-state index contributed by atoms with van der Waals surface area (Å²) in [5, 5.41) is 0.708. The van der Waals surface area contributed by atoms with Gasteiger partial charge in [0.25, 0.3) is 10.0 Å². The summed E-state index contributed by atoms with van der Waals surface area (Å²) in [6.07, 6.45) is -4.71. The van der Waals surface area contributed by atoms with Gasteiger partial charge in [0.15, 0.2) is 0 Å². The van der Waals surface area contributed by atoms with Crippen LogP contribution in [0.3, 0.4) is 0 Å². The van der Waals surface area contributed by atoms with Crippen LogP contribution < -0.4 is 14.2 Å². The molecular weight excluding hydrogens is 540 g/mol. The van der Waals surface area contributed by atoms with E-state index in [-0.39, 0.29) is 10.6 Å². The van der Waals surface area contributed by atoms with Crippen molar-refractivity contribution in [2.45, 2.75) is 23.6 Å². The van der Waals surface area contributed by atoms with E-state index >= 15 is 0 Å². The molecule has 1 atom stereocenters. The Morgan fingerprint density at radius 1 is 1.00 bits per heavy atom. The van der Waals surface area contributed by atoms with E-state index in [0.29, 0.717) is 35.3 Å². The van der Waals surface area contributed by atoms with Crippen molar-refractivity contribution in [3.8, 4) is 17.2 Å². The molecule has 1 heterocycles. The topological polar surface area (TPSA) is 67.9 Å². The first-order valence-electron chi connectivity index (χ1n) is 10.7.